The van der Waals surface area contributed by atoms with E-state index in [2.05, 4.69) is 0 Å². The highest BCUT2D eigenvalue weighted by Gasteiger charge is 2.39. The summed E-state index contributed by atoms with van der Waals surface area (Å²) in [7, 11) is -3.42. The Morgan fingerprint density at radius 2 is 1.76 bits per heavy atom. The average Bonchev–Trinajstić information content (AvgIpc) is 2.19. The maximum Gasteiger partial charge on any atom is 0.159 e. The van der Waals surface area contributed by atoms with Gasteiger partial charge in [0, 0.05) is 6.26 Å². The highest BCUT2D eigenvalue weighted by atomic mass is 35.5. The van der Waals surface area contributed by atoms with E-state index in [-0.39, 0.29) is 5.56 Å². The van der Waals surface area contributed by atoms with E-state index in [1.165, 1.54) is 19.9 Å². The fourth-order valence-corrected chi connectivity index (χ4v) is 2.39. The second-order valence-electron chi connectivity index (χ2n) is 4.41. The number of rotatable bonds is 3. The average molecular weight is 283 g/mol. The molecule has 0 fully saturated rings. The minimum Gasteiger partial charge on any atom is -0.229 e. The van der Waals surface area contributed by atoms with Gasteiger partial charge < -0.3 is 0 Å². The molecule has 0 spiro atoms. The number of hydrogen-bond donors (Lipinski definition) is 0. The molecule has 0 aliphatic rings. The van der Waals surface area contributed by atoms with Gasteiger partial charge in [0.25, 0.3) is 0 Å². The van der Waals surface area contributed by atoms with E-state index in [1.807, 2.05) is 0 Å². The Morgan fingerprint density at radius 1 is 1.24 bits per heavy atom. The van der Waals surface area contributed by atoms with Gasteiger partial charge in [0.15, 0.2) is 21.5 Å². The summed E-state index contributed by atoms with van der Waals surface area (Å²) in [5.74, 6) is -2.03. The van der Waals surface area contributed by atoms with Crippen LogP contribution in [0.5, 0.6) is 0 Å². The van der Waals surface area contributed by atoms with Crippen LogP contribution in [0.3, 0.4) is 0 Å². The van der Waals surface area contributed by atoms with Gasteiger partial charge in [-0.3, -0.25) is 0 Å². The molecule has 0 heterocycles. The Bertz CT molecular complexity index is 526. The number of sulfone groups is 1. The van der Waals surface area contributed by atoms with Gasteiger partial charge in [0.2, 0.25) is 0 Å². The van der Waals surface area contributed by atoms with Crippen molar-refractivity contribution in [2.75, 3.05) is 6.26 Å². The van der Waals surface area contributed by atoms with Crippen LogP contribution in [0.4, 0.5) is 8.78 Å². The summed E-state index contributed by atoms with van der Waals surface area (Å²) in [5.41, 5.74) is 0.237. The first-order valence-corrected chi connectivity index (χ1v) is 7.19. The highest BCUT2D eigenvalue weighted by Crippen LogP contribution is 2.37. The second kappa shape index (κ2) is 4.53. The minimum absolute atomic E-state index is 0.237. The zero-order valence-electron chi connectivity index (χ0n) is 9.67. The third kappa shape index (κ3) is 2.77. The van der Waals surface area contributed by atoms with Crippen LogP contribution in [0.15, 0.2) is 18.2 Å². The van der Waals surface area contributed by atoms with Gasteiger partial charge in [0.05, 0.1) is 10.1 Å². The summed E-state index contributed by atoms with van der Waals surface area (Å²) in [4.78, 5) is 0. The molecule has 1 rings (SSSR count). The maximum absolute atomic E-state index is 13.0. The first-order valence-electron chi connectivity index (χ1n) is 4.86. The largest absolute Gasteiger partial charge is 0.229 e. The van der Waals surface area contributed by atoms with E-state index in [0.29, 0.717) is 0 Å². The molecule has 0 radical (unpaired) electrons. The van der Waals surface area contributed by atoms with E-state index in [4.69, 9.17) is 11.6 Å². The zero-order valence-corrected chi connectivity index (χ0v) is 11.2. The lowest BCUT2D eigenvalue weighted by Gasteiger charge is -2.28. The van der Waals surface area contributed by atoms with E-state index in [9.17, 15) is 17.2 Å². The zero-order chi connectivity index (χ0) is 13.4. The molecule has 0 amide bonds. The Morgan fingerprint density at radius 3 is 2.18 bits per heavy atom. The monoisotopic (exact) mass is 282 g/mol. The van der Waals surface area contributed by atoms with Crippen LogP contribution in [0, 0.1) is 11.6 Å². The summed E-state index contributed by atoms with van der Waals surface area (Å²) < 4.78 is 47.7. The number of hydrogen-bond acceptors (Lipinski definition) is 2. The van der Waals surface area contributed by atoms with Gasteiger partial charge >= 0.3 is 0 Å². The molecule has 0 bridgehead atoms. The Balaban J connectivity index is 3.21. The molecule has 0 saturated heterocycles. The van der Waals surface area contributed by atoms with Crippen LogP contribution in [-0.4, -0.2) is 19.4 Å². The van der Waals surface area contributed by atoms with E-state index >= 15 is 0 Å². The molecule has 1 aromatic carbocycles. The standard InChI is InChI=1S/C11H13ClF2O2S/c1-11(2,17(3,15)16)10(12)7-4-5-8(13)9(14)6-7/h4-6,10H,1-3H3. The van der Waals surface area contributed by atoms with Crippen LogP contribution in [0.1, 0.15) is 24.8 Å². The molecular formula is C11H13ClF2O2S. The van der Waals surface area contributed by atoms with Crippen molar-refractivity contribution in [3.05, 3.63) is 35.4 Å². The van der Waals surface area contributed by atoms with Gasteiger partial charge in [-0.1, -0.05) is 6.07 Å². The molecule has 0 N–H and O–H groups in total. The van der Waals surface area contributed by atoms with E-state index in [1.54, 1.807) is 0 Å². The fourth-order valence-electron chi connectivity index (χ4n) is 1.26. The summed E-state index contributed by atoms with van der Waals surface area (Å²) >= 11 is 6.04. The molecule has 2 nitrogen and oxygen atoms in total. The highest BCUT2D eigenvalue weighted by molar-refractivity contribution is 7.92. The SMILES string of the molecule is CC(C)(C(Cl)c1ccc(F)c(F)c1)S(C)(=O)=O. The van der Waals surface area contributed by atoms with Crippen LogP contribution in [-0.2, 0) is 9.84 Å². The van der Waals surface area contributed by atoms with Gasteiger partial charge in [-0.15, -0.1) is 11.6 Å². The van der Waals surface area contributed by atoms with Crippen LogP contribution >= 0.6 is 11.6 Å². The van der Waals surface area contributed by atoms with Crippen molar-refractivity contribution in [1.29, 1.82) is 0 Å². The predicted molar refractivity (Wildman–Crippen MR) is 63.9 cm³/mol. The molecule has 0 aliphatic carbocycles. The van der Waals surface area contributed by atoms with Crippen LogP contribution < -0.4 is 0 Å². The molecule has 1 atom stereocenters. The van der Waals surface area contributed by atoms with E-state index in [0.717, 1.165) is 18.4 Å². The number of halogens is 3. The van der Waals surface area contributed by atoms with Gasteiger partial charge in [-0.25, -0.2) is 17.2 Å². The molecule has 17 heavy (non-hydrogen) atoms. The molecule has 1 aromatic rings. The predicted octanol–water partition coefficient (Wildman–Crippen LogP) is 3.07. The first kappa shape index (κ1) is 14.4. The molecule has 1 unspecified atom stereocenters. The normalized spacial score (nSPS) is 14.7. The Labute approximate surface area is 105 Å². The lowest BCUT2D eigenvalue weighted by molar-refractivity contribution is 0.503. The third-order valence-electron chi connectivity index (χ3n) is 2.80. The molecule has 96 valence electrons. The summed E-state index contributed by atoms with van der Waals surface area (Å²) in [6, 6.07) is 3.13. The van der Waals surface area contributed by atoms with Crippen molar-refractivity contribution in [3.63, 3.8) is 0 Å². The Hall–Kier alpha value is -0.680. The van der Waals surface area contributed by atoms with Crippen molar-refractivity contribution in [2.24, 2.45) is 0 Å². The van der Waals surface area contributed by atoms with Gasteiger partial charge in [-0.2, -0.15) is 0 Å². The number of benzene rings is 1. The first-order chi connectivity index (χ1) is 7.57. The quantitative estimate of drug-likeness (QED) is 0.799. The summed E-state index contributed by atoms with van der Waals surface area (Å²) in [5, 5.41) is -0.951. The fraction of sp³-hybridized carbons (Fsp3) is 0.455. The Kier molecular flexibility index (Phi) is 3.84. The third-order valence-corrected chi connectivity index (χ3v) is 5.88. The smallest absolute Gasteiger partial charge is 0.159 e. The van der Waals surface area contributed by atoms with E-state index < -0.39 is 31.6 Å². The van der Waals surface area contributed by atoms with Crippen molar-refractivity contribution in [1.82, 2.24) is 0 Å². The topological polar surface area (TPSA) is 34.1 Å². The van der Waals surface area contributed by atoms with Gasteiger partial charge in [0.1, 0.15) is 0 Å². The minimum atomic E-state index is -3.42. The lowest BCUT2D eigenvalue weighted by Crippen LogP contribution is -2.35. The molecule has 0 aromatic heterocycles. The van der Waals surface area contributed by atoms with Crippen LogP contribution in [0.25, 0.3) is 0 Å². The summed E-state index contributed by atoms with van der Waals surface area (Å²) in [6.07, 6.45) is 1.06. The molecular weight excluding hydrogens is 270 g/mol. The van der Waals surface area contributed by atoms with Crippen molar-refractivity contribution in [2.45, 2.75) is 24.0 Å². The van der Waals surface area contributed by atoms with Crippen LogP contribution in [0.2, 0.25) is 0 Å². The lowest BCUT2D eigenvalue weighted by atomic mass is 10.0. The van der Waals surface area contributed by atoms with Crippen molar-refractivity contribution >= 4 is 21.4 Å². The molecule has 6 heteroatoms. The summed E-state index contributed by atoms with van der Waals surface area (Å²) in [6.45, 7) is 2.89. The number of alkyl halides is 1. The van der Waals surface area contributed by atoms with Crippen molar-refractivity contribution < 1.29 is 17.2 Å². The van der Waals surface area contributed by atoms with Crippen molar-refractivity contribution in [3.8, 4) is 0 Å². The molecule has 0 aliphatic heterocycles. The molecule has 0 saturated carbocycles. The maximum atomic E-state index is 13.0. The second-order valence-corrected chi connectivity index (χ2v) is 7.44. The van der Waals surface area contributed by atoms with Gasteiger partial charge in [-0.05, 0) is 31.5 Å².